The number of hydrogen-bond acceptors (Lipinski definition) is 1. The molecule has 0 bridgehead atoms. The molecule has 3 aromatic heterocycles. The third-order valence-electron chi connectivity index (χ3n) is 10.5. The van der Waals surface area contributed by atoms with Crippen molar-refractivity contribution in [2.24, 2.45) is 0 Å². The monoisotopic (exact) mass is 666 g/mol. The first-order chi connectivity index (χ1) is 25.3. The van der Waals surface area contributed by atoms with Crippen LogP contribution in [-0.4, -0.2) is 9.13 Å². The summed E-state index contributed by atoms with van der Waals surface area (Å²) in [6, 6.07) is 66.6. The first-order valence-corrected chi connectivity index (χ1v) is 18.3. The Balaban J connectivity index is 1.21. The molecule has 8 aromatic carbocycles. The van der Waals surface area contributed by atoms with Crippen LogP contribution in [0.2, 0.25) is 0 Å². The fourth-order valence-electron chi connectivity index (χ4n) is 8.33. The van der Waals surface area contributed by atoms with E-state index < -0.39 is 0 Å². The van der Waals surface area contributed by atoms with Crippen LogP contribution in [0.1, 0.15) is 0 Å². The van der Waals surface area contributed by atoms with Gasteiger partial charge < -0.3 is 9.13 Å². The van der Waals surface area contributed by atoms with Crippen LogP contribution < -0.4 is 0 Å². The summed E-state index contributed by atoms with van der Waals surface area (Å²) in [4.78, 5) is 0. The number of aromatic nitrogens is 2. The van der Waals surface area contributed by atoms with E-state index in [1.165, 1.54) is 91.7 Å². The highest BCUT2D eigenvalue weighted by Crippen LogP contribution is 2.45. The van der Waals surface area contributed by atoms with Crippen LogP contribution in [0.15, 0.2) is 182 Å². The summed E-state index contributed by atoms with van der Waals surface area (Å²) in [5.74, 6) is 0. The summed E-state index contributed by atoms with van der Waals surface area (Å²) in [7, 11) is 0. The van der Waals surface area contributed by atoms with E-state index >= 15 is 0 Å². The molecule has 0 fully saturated rings. The van der Waals surface area contributed by atoms with Crippen LogP contribution in [0.3, 0.4) is 0 Å². The average Bonchev–Trinajstić information content (AvgIpc) is 3.86. The van der Waals surface area contributed by atoms with Gasteiger partial charge in [0.05, 0.1) is 27.8 Å². The van der Waals surface area contributed by atoms with Crippen molar-refractivity contribution in [1.29, 1.82) is 0 Å². The Morgan fingerprint density at radius 2 is 0.882 bits per heavy atom. The molecular formula is C48H30N2S. The molecule has 0 spiro atoms. The molecule has 11 aromatic rings. The minimum absolute atomic E-state index is 1.16. The number of hydrogen-bond donors (Lipinski definition) is 0. The number of nitrogens with zero attached hydrogens (tertiary/aromatic N) is 2. The topological polar surface area (TPSA) is 9.86 Å². The standard InChI is InChI=1S/C48H30N2S/c1-2-13-31(14-3-1)32-15-10-16-33(29-32)35-20-11-25-45-47(35)48-43(24-12-26-46(48)51-45)50-42-23-9-6-19-38(42)39-28-27-34(30-44(39)50)49-40-21-7-4-17-36(40)37-18-5-8-22-41(37)49/h1-30H. The van der Waals surface area contributed by atoms with Gasteiger partial charge in [-0.25, -0.2) is 0 Å². The molecule has 51 heavy (non-hydrogen) atoms. The van der Waals surface area contributed by atoms with E-state index in [4.69, 9.17) is 0 Å². The second kappa shape index (κ2) is 11.0. The van der Waals surface area contributed by atoms with Gasteiger partial charge in [-0.3, -0.25) is 0 Å². The highest BCUT2D eigenvalue weighted by atomic mass is 32.1. The second-order valence-corrected chi connectivity index (χ2v) is 14.4. The molecule has 3 heteroatoms. The molecule has 0 saturated carbocycles. The first kappa shape index (κ1) is 28.4. The first-order valence-electron chi connectivity index (χ1n) is 17.4. The summed E-state index contributed by atoms with van der Waals surface area (Å²) in [5, 5.41) is 7.65. The lowest BCUT2D eigenvalue weighted by Crippen LogP contribution is -1.97. The summed E-state index contributed by atoms with van der Waals surface area (Å²) >= 11 is 1.88. The predicted molar refractivity (Wildman–Crippen MR) is 219 cm³/mol. The predicted octanol–water partition coefficient (Wildman–Crippen LogP) is 13.6. The van der Waals surface area contributed by atoms with Gasteiger partial charge in [-0.1, -0.05) is 127 Å². The van der Waals surface area contributed by atoms with E-state index in [-0.39, 0.29) is 0 Å². The molecule has 3 heterocycles. The number of rotatable bonds is 4. The Morgan fingerprint density at radius 1 is 0.333 bits per heavy atom. The van der Waals surface area contributed by atoms with E-state index in [1.807, 2.05) is 11.3 Å². The molecule has 0 saturated heterocycles. The maximum absolute atomic E-state index is 2.51. The zero-order chi connectivity index (χ0) is 33.5. The van der Waals surface area contributed by atoms with E-state index in [0.29, 0.717) is 0 Å². The van der Waals surface area contributed by atoms with Crippen molar-refractivity contribution in [3.05, 3.63) is 182 Å². The third-order valence-corrected chi connectivity index (χ3v) is 11.6. The number of benzene rings is 8. The average molecular weight is 667 g/mol. The Morgan fingerprint density at radius 3 is 1.61 bits per heavy atom. The van der Waals surface area contributed by atoms with Gasteiger partial charge >= 0.3 is 0 Å². The maximum atomic E-state index is 2.51. The molecule has 11 rings (SSSR count). The van der Waals surface area contributed by atoms with Gasteiger partial charge in [0.25, 0.3) is 0 Å². The van der Waals surface area contributed by atoms with Crippen LogP contribution in [-0.2, 0) is 0 Å². The van der Waals surface area contributed by atoms with E-state index in [9.17, 15) is 0 Å². The Kier molecular flexibility index (Phi) is 6.16. The largest absolute Gasteiger partial charge is 0.309 e. The van der Waals surface area contributed by atoms with E-state index in [1.54, 1.807) is 0 Å². The summed E-state index contributed by atoms with van der Waals surface area (Å²) in [6.07, 6.45) is 0. The molecular weight excluding hydrogens is 637 g/mol. The lowest BCUT2D eigenvalue weighted by atomic mass is 9.95. The van der Waals surface area contributed by atoms with Gasteiger partial charge in [-0.15, -0.1) is 11.3 Å². The smallest absolute Gasteiger partial charge is 0.0562 e. The van der Waals surface area contributed by atoms with Crippen LogP contribution in [0.25, 0.3) is 97.4 Å². The van der Waals surface area contributed by atoms with E-state index in [0.717, 1.165) is 5.69 Å². The van der Waals surface area contributed by atoms with Crippen molar-refractivity contribution in [2.75, 3.05) is 0 Å². The molecule has 0 aliphatic carbocycles. The SMILES string of the molecule is c1ccc(-c2cccc(-c3cccc4sc5cccc(-n6c7ccccc7c7ccc(-n8c9ccccc9c9ccccc98)cc76)c5c34)c2)cc1. The van der Waals surface area contributed by atoms with Crippen molar-refractivity contribution in [2.45, 2.75) is 0 Å². The molecule has 0 atom stereocenters. The Labute approximate surface area is 298 Å². The lowest BCUT2D eigenvalue weighted by molar-refractivity contribution is 1.16. The van der Waals surface area contributed by atoms with Crippen LogP contribution in [0, 0.1) is 0 Å². The van der Waals surface area contributed by atoms with Crippen molar-refractivity contribution >= 4 is 75.1 Å². The zero-order valence-electron chi connectivity index (χ0n) is 27.6. The van der Waals surface area contributed by atoms with Gasteiger partial charge in [-0.05, 0) is 76.9 Å². The van der Waals surface area contributed by atoms with Gasteiger partial charge in [-0.2, -0.15) is 0 Å². The molecule has 0 aliphatic heterocycles. The Hall–Kier alpha value is -6.42. The third kappa shape index (κ3) is 4.22. The molecule has 2 nitrogen and oxygen atoms in total. The molecule has 238 valence electrons. The van der Waals surface area contributed by atoms with Gasteiger partial charge in [0.1, 0.15) is 0 Å². The van der Waals surface area contributed by atoms with Gasteiger partial charge in [0, 0.05) is 47.4 Å². The quantitative estimate of drug-likeness (QED) is 0.177. The molecule has 0 amide bonds. The molecule has 0 N–H and O–H groups in total. The summed E-state index contributed by atoms with van der Waals surface area (Å²) in [6.45, 7) is 0. The number of thiophene rings is 1. The van der Waals surface area contributed by atoms with E-state index in [2.05, 4.69) is 191 Å². The maximum Gasteiger partial charge on any atom is 0.0562 e. The van der Waals surface area contributed by atoms with Crippen molar-refractivity contribution in [3.8, 4) is 33.6 Å². The highest BCUT2D eigenvalue weighted by Gasteiger charge is 2.20. The summed E-state index contributed by atoms with van der Waals surface area (Å²) < 4.78 is 7.52. The van der Waals surface area contributed by atoms with Crippen LogP contribution >= 0.6 is 11.3 Å². The van der Waals surface area contributed by atoms with Crippen molar-refractivity contribution < 1.29 is 0 Å². The molecule has 0 unspecified atom stereocenters. The van der Waals surface area contributed by atoms with Gasteiger partial charge in [0.2, 0.25) is 0 Å². The second-order valence-electron chi connectivity index (χ2n) is 13.3. The number of fused-ring (bicyclic) bond motifs is 9. The van der Waals surface area contributed by atoms with Crippen molar-refractivity contribution in [3.63, 3.8) is 0 Å². The van der Waals surface area contributed by atoms with Crippen LogP contribution in [0.5, 0.6) is 0 Å². The lowest BCUT2D eigenvalue weighted by Gasteiger charge is -2.14. The summed E-state index contributed by atoms with van der Waals surface area (Å²) in [5.41, 5.74) is 12.1. The van der Waals surface area contributed by atoms with Crippen molar-refractivity contribution in [1.82, 2.24) is 9.13 Å². The van der Waals surface area contributed by atoms with Crippen LogP contribution in [0.4, 0.5) is 0 Å². The minimum Gasteiger partial charge on any atom is -0.309 e. The molecule has 0 aliphatic rings. The fraction of sp³-hybridized carbons (Fsp3) is 0. The number of para-hydroxylation sites is 3. The normalized spacial score (nSPS) is 11.9. The fourth-order valence-corrected chi connectivity index (χ4v) is 9.48. The molecule has 0 radical (unpaired) electrons. The zero-order valence-corrected chi connectivity index (χ0v) is 28.4. The van der Waals surface area contributed by atoms with Gasteiger partial charge in [0.15, 0.2) is 0 Å². The minimum atomic E-state index is 1.16. The Bertz CT molecular complexity index is 3090. The highest BCUT2D eigenvalue weighted by molar-refractivity contribution is 7.26.